The first-order valence-corrected chi connectivity index (χ1v) is 4.73. The molecule has 0 heterocycles. The Hall–Kier alpha value is -1.48. The summed E-state index contributed by atoms with van der Waals surface area (Å²) in [6, 6.07) is 5.19. The number of carbonyl (C=O) groups is 1. The van der Waals surface area contributed by atoms with Crippen LogP contribution in [-0.2, 0) is 4.79 Å². The van der Waals surface area contributed by atoms with Gasteiger partial charge in [0, 0.05) is 10.6 Å². The number of halogens is 1. The van der Waals surface area contributed by atoms with Gasteiger partial charge < -0.3 is 9.84 Å². The molecule has 15 heavy (non-hydrogen) atoms. The fourth-order valence-corrected chi connectivity index (χ4v) is 1.27. The van der Waals surface area contributed by atoms with E-state index in [0.29, 0.717) is 10.8 Å². The van der Waals surface area contributed by atoms with Crippen molar-refractivity contribution < 1.29 is 14.6 Å². The molecular formula is C11H11ClO3. The molecule has 4 heteroatoms. The zero-order valence-corrected chi connectivity index (χ0v) is 8.99. The van der Waals surface area contributed by atoms with E-state index >= 15 is 0 Å². The number of hydrogen-bond acceptors (Lipinski definition) is 2. The normalized spacial score (nSPS) is 10.5. The van der Waals surface area contributed by atoms with Crippen LogP contribution in [0.2, 0.25) is 5.02 Å². The van der Waals surface area contributed by atoms with Crippen LogP contribution >= 0.6 is 11.6 Å². The molecule has 1 aromatic carbocycles. The molecule has 0 aliphatic rings. The van der Waals surface area contributed by atoms with Gasteiger partial charge in [-0.05, 0) is 18.2 Å². The average Bonchev–Trinajstić information content (AvgIpc) is 2.19. The Morgan fingerprint density at radius 1 is 1.60 bits per heavy atom. The predicted molar refractivity (Wildman–Crippen MR) is 59.3 cm³/mol. The molecule has 0 radical (unpaired) electrons. The summed E-state index contributed by atoms with van der Waals surface area (Å²) in [7, 11) is 1.54. The van der Waals surface area contributed by atoms with Crippen molar-refractivity contribution in [3.05, 3.63) is 34.9 Å². The highest BCUT2D eigenvalue weighted by Crippen LogP contribution is 2.24. The Balaban J connectivity index is 2.84. The van der Waals surface area contributed by atoms with Crippen LogP contribution in [0.4, 0.5) is 0 Å². The van der Waals surface area contributed by atoms with Crippen LogP contribution in [-0.4, -0.2) is 18.2 Å². The van der Waals surface area contributed by atoms with Crippen molar-refractivity contribution in [3.63, 3.8) is 0 Å². The summed E-state index contributed by atoms with van der Waals surface area (Å²) < 4.78 is 5.10. The Morgan fingerprint density at radius 3 is 2.93 bits per heavy atom. The smallest absolute Gasteiger partial charge is 0.307 e. The number of aliphatic carboxylic acids is 1. The molecule has 0 aromatic heterocycles. The lowest BCUT2D eigenvalue weighted by atomic mass is 10.2. The largest absolute Gasteiger partial charge is 0.496 e. The van der Waals surface area contributed by atoms with Crippen molar-refractivity contribution in [3.8, 4) is 5.75 Å². The van der Waals surface area contributed by atoms with Gasteiger partial charge in [0.2, 0.25) is 0 Å². The third-order valence-electron chi connectivity index (χ3n) is 1.79. The first-order valence-electron chi connectivity index (χ1n) is 4.35. The number of rotatable bonds is 4. The topological polar surface area (TPSA) is 46.5 Å². The maximum Gasteiger partial charge on any atom is 0.307 e. The van der Waals surface area contributed by atoms with Gasteiger partial charge >= 0.3 is 5.97 Å². The van der Waals surface area contributed by atoms with Gasteiger partial charge in [-0.1, -0.05) is 23.8 Å². The molecule has 0 unspecified atom stereocenters. The SMILES string of the molecule is COc1cc(Cl)ccc1C=CCC(=O)O. The Bertz CT molecular complexity index is 385. The van der Waals surface area contributed by atoms with E-state index in [1.807, 2.05) is 0 Å². The van der Waals surface area contributed by atoms with E-state index in [9.17, 15) is 4.79 Å². The van der Waals surface area contributed by atoms with E-state index in [4.69, 9.17) is 21.4 Å². The molecule has 0 fully saturated rings. The van der Waals surface area contributed by atoms with Crippen LogP contribution in [0.1, 0.15) is 12.0 Å². The number of ether oxygens (including phenoxy) is 1. The molecule has 1 aromatic rings. The Morgan fingerprint density at radius 2 is 2.33 bits per heavy atom. The van der Waals surface area contributed by atoms with Gasteiger partial charge in [0.15, 0.2) is 0 Å². The van der Waals surface area contributed by atoms with Crippen molar-refractivity contribution >= 4 is 23.6 Å². The summed E-state index contributed by atoms with van der Waals surface area (Å²) in [6.45, 7) is 0. The second kappa shape index (κ2) is 5.41. The summed E-state index contributed by atoms with van der Waals surface area (Å²) in [4.78, 5) is 10.3. The van der Waals surface area contributed by atoms with E-state index < -0.39 is 5.97 Å². The molecule has 0 amide bonds. The maximum absolute atomic E-state index is 10.3. The fraction of sp³-hybridized carbons (Fsp3) is 0.182. The van der Waals surface area contributed by atoms with Gasteiger partial charge in [0.05, 0.1) is 13.5 Å². The standard InChI is InChI=1S/C11H11ClO3/c1-15-10-7-9(12)6-5-8(10)3-2-4-11(13)14/h2-3,5-7H,4H2,1H3,(H,13,14). The van der Waals surface area contributed by atoms with Crippen LogP contribution in [0.25, 0.3) is 6.08 Å². The fourth-order valence-electron chi connectivity index (χ4n) is 1.11. The highest BCUT2D eigenvalue weighted by Gasteiger charge is 2.00. The van der Waals surface area contributed by atoms with E-state index in [1.165, 1.54) is 0 Å². The Kier molecular flexibility index (Phi) is 4.18. The van der Waals surface area contributed by atoms with Gasteiger partial charge in [0.25, 0.3) is 0 Å². The Labute approximate surface area is 92.9 Å². The second-order valence-corrected chi connectivity index (χ2v) is 3.32. The third kappa shape index (κ3) is 3.64. The maximum atomic E-state index is 10.3. The summed E-state index contributed by atoms with van der Waals surface area (Å²) in [5, 5.41) is 9.04. The number of methoxy groups -OCH3 is 1. The van der Waals surface area contributed by atoms with Gasteiger partial charge in [-0.25, -0.2) is 0 Å². The van der Waals surface area contributed by atoms with Crippen LogP contribution < -0.4 is 4.74 Å². The van der Waals surface area contributed by atoms with Crippen molar-refractivity contribution in [2.45, 2.75) is 6.42 Å². The van der Waals surface area contributed by atoms with Crippen LogP contribution in [0.5, 0.6) is 5.75 Å². The van der Waals surface area contributed by atoms with E-state index in [-0.39, 0.29) is 6.42 Å². The van der Waals surface area contributed by atoms with Gasteiger partial charge in [-0.15, -0.1) is 0 Å². The first-order chi connectivity index (χ1) is 7.13. The minimum absolute atomic E-state index is 0.00815. The van der Waals surface area contributed by atoms with Gasteiger partial charge in [-0.2, -0.15) is 0 Å². The zero-order chi connectivity index (χ0) is 11.3. The quantitative estimate of drug-likeness (QED) is 0.859. The highest BCUT2D eigenvalue weighted by atomic mass is 35.5. The molecule has 0 aliphatic carbocycles. The van der Waals surface area contributed by atoms with Gasteiger partial charge in [-0.3, -0.25) is 4.79 Å². The lowest BCUT2D eigenvalue weighted by Crippen LogP contribution is -1.90. The van der Waals surface area contributed by atoms with Crippen molar-refractivity contribution in [1.29, 1.82) is 0 Å². The second-order valence-electron chi connectivity index (χ2n) is 2.89. The molecule has 1 rings (SSSR count). The van der Waals surface area contributed by atoms with Crippen molar-refractivity contribution in [2.24, 2.45) is 0 Å². The first kappa shape index (κ1) is 11.6. The van der Waals surface area contributed by atoms with Crippen LogP contribution in [0.15, 0.2) is 24.3 Å². The van der Waals surface area contributed by atoms with E-state index in [0.717, 1.165) is 5.56 Å². The molecular weight excluding hydrogens is 216 g/mol. The zero-order valence-electron chi connectivity index (χ0n) is 8.24. The number of carboxylic acids is 1. The molecule has 1 N–H and O–H groups in total. The highest BCUT2D eigenvalue weighted by molar-refractivity contribution is 6.30. The predicted octanol–water partition coefficient (Wildman–Crippen LogP) is 2.84. The minimum atomic E-state index is -0.862. The summed E-state index contributed by atoms with van der Waals surface area (Å²) in [6.07, 6.45) is 3.25. The summed E-state index contributed by atoms with van der Waals surface area (Å²) in [5.41, 5.74) is 0.808. The number of benzene rings is 1. The van der Waals surface area contributed by atoms with Crippen LogP contribution in [0.3, 0.4) is 0 Å². The van der Waals surface area contributed by atoms with Crippen molar-refractivity contribution in [2.75, 3.05) is 7.11 Å². The molecule has 0 aliphatic heterocycles. The molecule has 0 saturated carbocycles. The minimum Gasteiger partial charge on any atom is -0.496 e. The summed E-state index contributed by atoms with van der Waals surface area (Å²) in [5.74, 6) is -0.233. The molecule has 0 spiro atoms. The number of hydrogen-bond donors (Lipinski definition) is 1. The van der Waals surface area contributed by atoms with Crippen LogP contribution in [0, 0.1) is 0 Å². The van der Waals surface area contributed by atoms with Gasteiger partial charge in [0.1, 0.15) is 5.75 Å². The lowest BCUT2D eigenvalue weighted by molar-refractivity contribution is -0.135. The van der Waals surface area contributed by atoms with E-state index in [1.54, 1.807) is 37.5 Å². The molecule has 0 saturated heterocycles. The van der Waals surface area contributed by atoms with E-state index in [2.05, 4.69) is 0 Å². The molecule has 0 atom stereocenters. The lowest BCUT2D eigenvalue weighted by Gasteiger charge is -2.04. The molecule has 80 valence electrons. The molecule has 0 bridgehead atoms. The van der Waals surface area contributed by atoms with Crippen molar-refractivity contribution in [1.82, 2.24) is 0 Å². The summed E-state index contributed by atoms with van der Waals surface area (Å²) >= 11 is 5.78. The third-order valence-corrected chi connectivity index (χ3v) is 2.02. The number of carboxylic acid groups (broad SMARTS) is 1. The molecule has 3 nitrogen and oxygen atoms in total. The average molecular weight is 227 g/mol. The monoisotopic (exact) mass is 226 g/mol.